The summed E-state index contributed by atoms with van der Waals surface area (Å²) >= 11 is 0. The molecule has 2 heterocycles. The summed E-state index contributed by atoms with van der Waals surface area (Å²) in [6, 6.07) is 0. The fraction of sp³-hybridized carbons (Fsp3) is 0.636. The van der Waals surface area contributed by atoms with Crippen LogP contribution in [0.3, 0.4) is 0 Å². The molecule has 0 radical (unpaired) electrons. The standard InChI is InChI=1S/C11H15NO4/c1-3-7-9(11(13)14)16-10(12-7)8-6(2)4-5-15-8/h6,8H,3-5H2,1-2H3,(H,13,14). The molecule has 1 fully saturated rings. The fourth-order valence-electron chi connectivity index (χ4n) is 1.91. The topological polar surface area (TPSA) is 72.6 Å². The number of rotatable bonds is 3. The molecule has 1 aliphatic rings. The van der Waals surface area contributed by atoms with Crippen molar-refractivity contribution in [3.63, 3.8) is 0 Å². The summed E-state index contributed by atoms with van der Waals surface area (Å²) in [5.74, 6) is -0.397. The molecule has 0 aliphatic carbocycles. The summed E-state index contributed by atoms with van der Waals surface area (Å²) in [6.45, 7) is 4.58. The van der Waals surface area contributed by atoms with Gasteiger partial charge in [0.1, 0.15) is 6.10 Å². The van der Waals surface area contributed by atoms with Crippen molar-refractivity contribution in [2.24, 2.45) is 5.92 Å². The zero-order valence-corrected chi connectivity index (χ0v) is 9.40. The normalized spacial score (nSPS) is 24.9. The van der Waals surface area contributed by atoms with Crippen molar-refractivity contribution in [3.8, 4) is 0 Å². The van der Waals surface area contributed by atoms with Crippen LogP contribution in [0.15, 0.2) is 4.42 Å². The Hall–Kier alpha value is -1.36. The van der Waals surface area contributed by atoms with Gasteiger partial charge in [-0.2, -0.15) is 0 Å². The maximum Gasteiger partial charge on any atom is 0.373 e. The smallest absolute Gasteiger partial charge is 0.373 e. The Morgan fingerprint density at radius 2 is 2.38 bits per heavy atom. The highest BCUT2D eigenvalue weighted by Gasteiger charge is 2.32. The molecule has 0 spiro atoms. The van der Waals surface area contributed by atoms with Crippen molar-refractivity contribution in [3.05, 3.63) is 17.3 Å². The molecule has 0 aromatic carbocycles. The number of aryl methyl sites for hydroxylation is 1. The van der Waals surface area contributed by atoms with E-state index in [9.17, 15) is 4.79 Å². The summed E-state index contributed by atoms with van der Waals surface area (Å²) < 4.78 is 10.8. The average Bonchev–Trinajstić information content (AvgIpc) is 2.82. The van der Waals surface area contributed by atoms with Crippen LogP contribution in [0.2, 0.25) is 0 Å². The van der Waals surface area contributed by atoms with Crippen LogP contribution in [0.1, 0.15) is 48.5 Å². The number of ether oxygens (including phenoxy) is 1. The molecular formula is C11H15NO4. The van der Waals surface area contributed by atoms with Crippen LogP contribution >= 0.6 is 0 Å². The van der Waals surface area contributed by atoms with Crippen LogP contribution in [0.25, 0.3) is 0 Å². The number of hydrogen-bond donors (Lipinski definition) is 1. The lowest BCUT2D eigenvalue weighted by atomic mass is 10.0. The molecule has 0 saturated carbocycles. The Morgan fingerprint density at radius 1 is 1.62 bits per heavy atom. The van der Waals surface area contributed by atoms with Crippen LogP contribution < -0.4 is 0 Å². The minimum absolute atomic E-state index is 0.0554. The van der Waals surface area contributed by atoms with E-state index < -0.39 is 5.97 Å². The van der Waals surface area contributed by atoms with Gasteiger partial charge in [0.15, 0.2) is 0 Å². The molecule has 88 valence electrons. The molecule has 2 atom stereocenters. The van der Waals surface area contributed by atoms with E-state index in [-0.39, 0.29) is 11.9 Å². The predicted octanol–water partition coefficient (Wildman–Crippen LogP) is 2.03. The third-order valence-electron chi connectivity index (χ3n) is 2.87. The lowest BCUT2D eigenvalue weighted by Gasteiger charge is -2.09. The van der Waals surface area contributed by atoms with E-state index in [4.69, 9.17) is 14.3 Å². The van der Waals surface area contributed by atoms with Gasteiger partial charge in [-0.05, 0) is 18.8 Å². The fourth-order valence-corrected chi connectivity index (χ4v) is 1.91. The quantitative estimate of drug-likeness (QED) is 0.852. The second-order valence-electron chi connectivity index (χ2n) is 4.04. The summed E-state index contributed by atoms with van der Waals surface area (Å²) in [5.41, 5.74) is 0.491. The van der Waals surface area contributed by atoms with Crippen LogP contribution in [-0.4, -0.2) is 22.7 Å². The number of carboxylic acids is 1. The largest absolute Gasteiger partial charge is 0.475 e. The second kappa shape index (κ2) is 4.25. The molecule has 5 nitrogen and oxygen atoms in total. The van der Waals surface area contributed by atoms with Crippen molar-refractivity contribution in [1.29, 1.82) is 0 Å². The summed E-state index contributed by atoms with van der Waals surface area (Å²) in [6.07, 6.45) is 1.31. The van der Waals surface area contributed by atoms with E-state index in [1.165, 1.54) is 0 Å². The van der Waals surface area contributed by atoms with Gasteiger partial charge in [0.25, 0.3) is 0 Å². The molecule has 1 N–H and O–H groups in total. The number of hydrogen-bond acceptors (Lipinski definition) is 4. The third kappa shape index (κ3) is 1.82. The van der Waals surface area contributed by atoms with Crippen molar-refractivity contribution in [2.75, 3.05) is 6.61 Å². The van der Waals surface area contributed by atoms with Crippen molar-refractivity contribution >= 4 is 5.97 Å². The number of aromatic carboxylic acids is 1. The van der Waals surface area contributed by atoms with E-state index in [2.05, 4.69) is 4.98 Å². The average molecular weight is 225 g/mol. The molecule has 0 amide bonds. The Kier molecular flexibility index (Phi) is 2.96. The Balaban J connectivity index is 2.32. The molecule has 5 heteroatoms. The number of aromatic nitrogens is 1. The number of oxazole rings is 1. The highest BCUT2D eigenvalue weighted by molar-refractivity contribution is 5.85. The number of carbonyl (C=O) groups is 1. The zero-order chi connectivity index (χ0) is 11.7. The molecule has 0 bridgehead atoms. The lowest BCUT2D eigenvalue weighted by Crippen LogP contribution is -2.04. The predicted molar refractivity (Wildman–Crippen MR) is 55.3 cm³/mol. The van der Waals surface area contributed by atoms with E-state index in [0.29, 0.717) is 30.5 Å². The van der Waals surface area contributed by atoms with Gasteiger partial charge >= 0.3 is 5.97 Å². The van der Waals surface area contributed by atoms with Crippen molar-refractivity contribution in [1.82, 2.24) is 4.98 Å². The van der Waals surface area contributed by atoms with Gasteiger partial charge in [-0.15, -0.1) is 0 Å². The van der Waals surface area contributed by atoms with Crippen LogP contribution in [0.4, 0.5) is 0 Å². The van der Waals surface area contributed by atoms with Gasteiger partial charge in [-0.25, -0.2) is 9.78 Å². The molecular weight excluding hydrogens is 210 g/mol. The van der Waals surface area contributed by atoms with Gasteiger partial charge in [0, 0.05) is 6.61 Å². The van der Waals surface area contributed by atoms with Gasteiger partial charge in [0.05, 0.1) is 5.69 Å². The summed E-state index contributed by atoms with van der Waals surface area (Å²) in [4.78, 5) is 15.1. The van der Waals surface area contributed by atoms with E-state index in [1.54, 1.807) is 0 Å². The molecule has 1 saturated heterocycles. The Bertz CT molecular complexity index is 399. The minimum Gasteiger partial charge on any atom is -0.475 e. The molecule has 16 heavy (non-hydrogen) atoms. The van der Waals surface area contributed by atoms with Gasteiger partial charge in [-0.3, -0.25) is 0 Å². The molecule has 2 rings (SSSR count). The SMILES string of the molecule is CCc1nc(C2OCCC2C)oc1C(=O)O. The second-order valence-corrected chi connectivity index (χ2v) is 4.04. The number of nitrogens with zero attached hydrogens (tertiary/aromatic N) is 1. The van der Waals surface area contributed by atoms with Crippen molar-refractivity contribution < 1.29 is 19.1 Å². The van der Waals surface area contributed by atoms with E-state index in [1.807, 2.05) is 13.8 Å². The summed E-state index contributed by atoms with van der Waals surface area (Å²) in [5, 5.41) is 8.94. The van der Waals surface area contributed by atoms with Crippen LogP contribution in [-0.2, 0) is 11.2 Å². The first kappa shape index (κ1) is 11.1. The minimum atomic E-state index is -1.07. The lowest BCUT2D eigenvalue weighted by molar-refractivity contribution is 0.0594. The third-order valence-corrected chi connectivity index (χ3v) is 2.87. The zero-order valence-electron chi connectivity index (χ0n) is 9.40. The first-order valence-electron chi connectivity index (χ1n) is 5.48. The summed E-state index contributed by atoms with van der Waals surface area (Å²) in [7, 11) is 0. The van der Waals surface area contributed by atoms with Crippen LogP contribution in [0.5, 0.6) is 0 Å². The maximum absolute atomic E-state index is 10.9. The molecule has 2 unspecified atom stereocenters. The van der Waals surface area contributed by atoms with Gasteiger partial charge in [-0.1, -0.05) is 13.8 Å². The van der Waals surface area contributed by atoms with Gasteiger partial charge in [0.2, 0.25) is 11.7 Å². The van der Waals surface area contributed by atoms with E-state index >= 15 is 0 Å². The van der Waals surface area contributed by atoms with Crippen LogP contribution in [0, 0.1) is 5.92 Å². The first-order chi connectivity index (χ1) is 7.63. The molecule has 1 aromatic heterocycles. The van der Waals surface area contributed by atoms with Crippen molar-refractivity contribution in [2.45, 2.75) is 32.8 Å². The number of carboxylic acid groups (broad SMARTS) is 1. The molecule has 1 aliphatic heterocycles. The Morgan fingerprint density at radius 3 is 2.81 bits per heavy atom. The first-order valence-corrected chi connectivity index (χ1v) is 5.48. The monoisotopic (exact) mass is 225 g/mol. The maximum atomic E-state index is 10.9. The van der Waals surface area contributed by atoms with E-state index in [0.717, 1.165) is 6.42 Å². The highest BCUT2D eigenvalue weighted by Crippen LogP contribution is 2.34. The molecule has 1 aromatic rings. The van der Waals surface area contributed by atoms with Gasteiger partial charge < -0.3 is 14.3 Å². The highest BCUT2D eigenvalue weighted by atomic mass is 16.5. The Labute approximate surface area is 93.4 Å².